The summed E-state index contributed by atoms with van der Waals surface area (Å²) in [6.07, 6.45) is 3.72. The number of nitrogens with one attached hydrogen (secondary N) is 1. The summed E-state index contributed by atoms with van der Waals surface area (Å²) in [5.74, 6) is 0.0729. The molecule has 2 atom stereocenters. The zero-order valence-corrected chi connectivity index (χ0v) is 15.4. The second kappa shape index (κ2) is 8.88. The highest BCUT2D eigenvalue weighted by Gasteiger charge is 2.27. The third-order valence-corrected chi connectivity index (χ3v) is 4.20. The monoisotopic (exact) mass is 347 g/mol. The predicted octanol–water partition coefficient (Wildman–Crippen LogP) is 4.20. The Bertz CT molecular complexity index is 565. The molecular weight excluding hydrogens is 318 g/mol. The maximum Gasteiger partial charge on any atom is 0.407 e. The van der Waals surface area contributed by atoms with Crippen molar-refractivity contribution in [2.45, 2.75) is 71.1 Å². The van der Waals surface area contributed by atoms with Gasteiger partial charge in [0.2, 0.25) is 0 Å². The van der Waals surface area contributed by atoms with Crippen LogP contribution in [0.2, 0.25) is 0 Å². The van der Waals surface area contributed by atoms with E-state index >= 15 is 0 Å². The van der Waals surface area contributed by atoms with E-state index in [1.807, 2.05) is 51.1 Å². The van der Waals surface area contributed by atoms with Gasteiger partial charge in [0.25, 0.3) is 0 Å². The largest absolute Gasteiger partial charge is 0.461 e. The van der Waals surface area contributed by atoms with Crippen LogP contribution in [0.3, 0.4) is 0 Å². The first-order valence-corrected chi connectivity index (χ1v) is 9.01. The van der Waals surface area contributed by atoms with Gasteiger partial charge < -0.3 is 14.8 Å². The zero-order valence-electron chi connectivity index (χ0n) is 15.4. The highest BCUT2D eigenvalue weighted by molar-refractivity contribution is 5.70. The van der Waals surface area contributed by atoms with Crippen molar-refractivity contribution in [2.75, 3.05) is 0 Å². The Morgan fingerprint density at radius 1 is 1.16 bits per heavy atom. The quantitative estimate of drug-likeness (QED) is 0.811. The van der Waals surface area contributed by atoms with Gasteiger partial charge >= 0.3 is 12.1 Å². The number of esters is 1. The summed E-state index contributed by atoms with van der Waals surface area (Å²) in [6.45, 7) is 5.85. The smallest absolute Gasteiger partial charge is 0.407 e. The minimum absolute atomic E-state index is 0.0653. The molecule has 1 amide bonds. The minimum Gasteiger partial charge on any atom is -0.461 e. The lowest BCUT2D eigenvalue weighted by molar-refractivity contribution is -0.146. The van der Waals surface area contributed by atoms with Gasteiger partial charge in [0, 0.05) is 12.5 Å². The molecule has 5 heteroatoms. The lowest BCUT2D eigenvalue weighted by atomic mass is 9.84. The standard InChI is InChI=1S/C20H29NO4/c1-20(2,3)25-19(23)21-17-11-7-10-16(12-17)13-18(22)24-14-15-8-5-4-6-9-15/h4-6,8-9,16-17H,7,10-14H2,1-3H3,(H,21,23)/t16-,17+/m1/s1. The minimum atomic E-state index is -0.501. The summed E-state index contributed by atoms with van der Waals surface area (Å²) < 4.78 is 10.7. The van der Waals surface area contributed by atoms with E-state index in [2.05, 4.69) is 5.32 Å². The fraction of sp³-hybridized carbons (Fsp3) is 0.600. The summed E-state index contributed by atoms with van der Waals surface area (Å²) in [5, 5.41) is 2.92. The van der Waals surface area contributed by atoms with Gasteiger partial charge in [-0.15, -0.1) is 0 Å². The van der Waals surface area contributed by atoms with Crippen LogP contribution in [-0.4, -0.2) is 23.7 Å². The van der Waals surface area contributed by atoms with Gasteiger partial charge in [0.1, 0.15) is 12.2 Å². The van der Waals surface area contributed by atoms with Crippen molar-refractivity contribution in [1.82, 2.24) is 5.32 Å². The predicted molar refractivity (Wildman–Crippen MR) is 96.0 cm³/mol. The Kier molecular flexibility index (Phi) is 6.85. The van der Waals surface area contributed by atoms with Crippen LogP contribution in [0.1, 0.15) is 58.4 Å². The van der Waals surface area contributed by atoms with Gasteiger partial charge in [-0.05, 0) is 51.5 Å². The number of hydrogen-bond acceptors (Lipinski definition) is 4. The fourth-order valence-corrected chi connectivity index (χ4v) is 3.11. The second-order valence-corrected chi connectivity index (χ2v) is 7.73. The number of carbonyl (C=O) groups excluding carboxylic acids is 2. The number of amides is 1. The van der Waals surface area contributed by atoms with Gasteiger partial charge in [-0.3, -0.25) is 4.79 Å². The average Bonchev–Trinajstić information content (AvgIpc) is 2.52. The van der Waals surface area contributed by atoms with Crippen molar-refractivity contribution in [2.24, 2.45) is 5.92 Å². The Hall–Kier alpha value is -2.04. The summed E-state index contributed by atoms with van der Waals surface area (Å²) in [5.41, 5.74) is 0.489. The van der Waals surface area contributed by atoms with Crippen LogP contribution in [-0.2, 0) is 20.9 Å². The van der Waals surface area contributed by atoms with Gasteiger partial charge in [0.15, 0.2) is 0 Å². The molecule has 0 aliphatic heterocycles. The van der Waals surface area contributed by atoms with E-state index in [0.29, 0.717) is 13.0 Å². The van der Waals surface area contributed by atoms with Crippen molar-refractivity contribution in [1.29, 1.82) is 0 Å². The summed E-state index contributed by atoms with van der Waals surface area (Å²) in [6, 6.07) is 9.73. The topological polar surface area (TPSA) is 64.6 Å². The Morgan fingerprint density at radius 3 is 2.56 bits per heavy atom. The molecule has 138 valence electrons. The van der Waals surface area contributed by atoms with Gasteiger partial charge in [-0.2, -0.15) is 0 Å². The fourth-order valence-electron chi connectivity index (χ4n) is 3.11. The molecule has 1 saturated carbocycles. The van der Waals surface area contributed by atoms with Crippen LogP contribution in [0, 0.1) is 5.92 Å². The normalized spacial score (nSPS) is 20.6. The molecule has 0 unspecified atom stereocenters. The second-order valence-electron chi connectivity index (χ2n) is 7.73. The lowest BCUT2D eigenvalue weighted by Gasteiger charge is -2.30. The number of alkyl carbamates (subject to hydrolysis) is 1. The van der Waals surface area contributed by atoms with Crippen LogP contribution in [0.5, 0.6) is 0 Å². The SMILES string of the molecule is CC(C)(C)OC(=O)N[C@H]1CCC[C@@H](CC(=O)OCc2ccccc2)C1. The van der Waals surface area contributed by atoms with E-state index in [1.165, 1.54) is 0 Å². The van der Waals surface area contributed by atoms with Gasteiger partial charge in [0.05, 0.1) is 0 Å². The van der Waals surface area contributed by atoms with Gasteiger partial charge in [-0.1, -0.05) is 36.8 Å². The van der Waals surface area contributed by atoms with Crippen LogP contribution >= 0.6 is 0 Å². The highest BCUT2D eigenvalue weighted by Crippen LogP contribution is 2.27. The maximum atomic E-state index is 12.1. The number of hydrogen-bond donors (Lipinski definition) is 1. The van der Waals surface area contributed by atoms with E-state index in [1.54, 1.807) is 0 Å². The number of rotatable bonds is 5. The molecule has 0 bridgehead atoms. The first-order chi connectivity index (χ1) is 11.8. The molecule has 25 heavy (non-hydrogen) atoms. The van der Waals surface area contributed by atoms with Crippen molar-refractivity contribution in [3.8, 4) is 0 Å². The third-order valence-electron chi connectivity index (χ3n) is 4.20. The van der Waals surface area contributed by atoms with Crippen molar-refractivity contribution < 1.29 is 19.1 Å². The number of benzene rings is 1. The molecule has 1 fully saturated rings. The zero-order chi connectivity index (χ0) is 18.3. The van der Waals surface area contributed by atoms with Gasteiger partial charge in [-0.25, -0.2) is 4.79 Å². The van der Waals surface area contributed by atoms with E-state index in [4.69, 9.17) is 9.47 Å². The highest BCUT2D eigenvalue weighted by atomic mass is 16.6. The van der Waals surface area contributed by atoms with E-state index in [-0.39, 0.29) is 24.0 Å². The Labute approximate surface area is 150 Å². The summed E-state index contributed by atoms with van der Waals surface area (Å²) in [4.78, 5) is 24.0. The molecule has 1 aromatic rings. The summed E-state index contributed by atoms with van der Waals surface area (Å²) >= 11 is 0. The van der Waals surface area contributed by atoms with Crippen LogP contribution < -0.4 is 5.32 Å². The van der Waals surface area contributed by atoms with Crippen molar-refractivity contribution in [3.05, 3.63) is 35.9 Å². The summed E-state index contributed by atoms with van der Waals surface area (Å²) in [7, 11) is 0. The molecule has 2 rings (SSSR count). The Balaban J connectivity index is 1.73. The molecule has 0 saturated heterocycles. The first kappa shape index (κ1) is 19.3. The molecule has 1 aromatic carbocycles. The van der Waals surface area contributed by atoms with Crippen LogP contribution in [0.25, 0.3) is 0 Å². The average molecular weight is 347 g/mol. The Morgan fingerprint density at radius 2 is 1.88 bits per heavy atom. The molecule has 1 N–H and O–H groups in total. The van der Waals surface area contributed by atoms with Crippen LogP contribution in [0.4, 0.5) is 4.79 Å². The van der Waals surface area contributed by atoms with Crippen molar-refractivity contribution >= 4 is 12.1 Å². The third kappa shape index (κ3) is 7.59. The maximum absolute atomic E-state index is 12.1. The molecule has 1 aliphatic rings. The molecule has 0 heterocycles. The van der Waals surface area contributed by atoms with E-state index < -0.39 is 5.60 Å². The first-order valence-electron chi connectivity index (χ1n) is 9.01. The molecular formula is C20H29NO4. The number of ether oxygens (including phenoxy) is 2. The molecule has 0 aromatic heterocycles. The van der Waals surface area contributed by atoms with E-state index in [9.17, 15) is 9.59 Å². The van der Waals surface area contributed by atoms with Crippen LogP contribution in [0.15, 0.2) is 30.3 Å². The van der Waals surface area contributed by atoms with Crippen molar-refractivity contribution in [3.63, 3.8) is 0 Å². The lowest BCUT2D eigenvalue weighted by Crippen LogP contribution is -2.41. The molecule has 1 aliphatic carbocycles. The number of carbonyl (C=O) groups is 2. The molecule has 0 radical (unpaired) electrons. The molecule has 0 spiro atoms. The van der Waals surface area contributed by atoms with E-state index in [0.717, 1.165) is 31.2 Å². The molecule has 5 nitrogen and oxygen atoms in total.